The first kappa shape index (κ1) is 19.2. The van der Waals surface area contributed by atoms with E-state index in [1.165, 1.54) is 18.4 Å². The maximum atomic E-state index is 13.3. The molecule has 0 bridgehead atoms. The third-order valence-electron chi connectivity index (χ3n) is 6.79. The van der Waals surface area contributed by atoms with Gasteiger partial charge < -0.3 is 4.74 Å². The maximum absolute atomic E-state index is 13.3. The van der Waals surface area contributed by atoms with E-state index >= 15 is 0 Å². The molecule has 1 fully saturated rings. The first-order chi connectivity index (χ1) is 13.7. The van der Waals surface area contributed by atoms with E-state index < -0.39 is 0 Å². The molecule has 1 aliphatic carbocycles. The van der Waals surface area contributed by atoms with Gasteiger partial charge in [0.25, 0.3) is 0 Å². The molecule has 0 aromatic heterocycles. The standard InChI is InChI=1S/C25H31NO2/c1-3-24(26-15-13-19(14-16-26)18-7-5-4-6-8-18)23-11-9-20-17-21(28-2)10-12-22(20)25(23)27/h4-8,10,12,17,19,23-24H,3,9,11,13-16H2,1-2H3. The number of ketones is 1. The molecule has 2 aromatic carbocycles. The van der Waals surface area contributed by atoms with Crippen LogP contribution in [0.3, 0.4) is 0 Å². The Morgan fingerprint density at radius 2 is 1.82 bits per heavy atom. The number of carbonyl (C=O) groups excluding carboxylic acids is 1. The minimum atomic E-state index is 0.124. The van der Waals surface area contributed by atoms with Crippen molar-refractivity contribution in [3.05, 3.63) is 65.2 Å². The molecule has 0 N–H and O–H groups in total. The second-order valence-corrected chi connectivity index (χ2v) is 8.23. The smallest absolute Gasteiger partial charge is 0.167 e. The van der Waals surface area contributed by atoms with E-state index in [1.807, 2.05) is 18.2 Å². The lowest BCUT2D eigenvalue weighted by molar-refractivity contribution is 0.0666. The SMILES string of the molecule is CCC(C1CCc2cc(OC)ccc2C1=O)N1CCC(c2ccccc2)CC1. The van der Waals surface area contributed by atoms with Crippen molar-refractivity contribution in [2.24, 2.45) is 5.92 Å². The van der Waals surface area contributed by atoms with Gasteiger partial charge in [-0.25, -0.2) is 0 Å². The van der Waals surface area contributed by atoms with Crippen LogP contribution in [-0.4, -0.2) is 36.9 Å². The summed E-state index contributed by atoms with van der Waals surface area (Å²) in [6.45, 7) is 4.43. The Hall–Kier alpha value is -2.13. The molecule has 2 aliphatic rings. The average Bonchev–Trinajstić information content (AvgIpc) is 2.76. The molecule has 148 valence electrons. The van der Waals surface area contributed by atoms with E-state index in [9.17, 15) is 4.79 Å². The highest BCUT2D eigenvalue weighted by molar-refractivity contribution is 6.00. The molecule has 2 atom stereocenters. The Bertz CT molecular complexity index is 809. The summed E-state index contributed by atoms with van der Waals surface area (Å²) < 4.78 is 5.33. The van der Waals surface area contributed by atoms with Gasteiger partial charge in [-0.1, -0.05) is 37.3 Å². The lowest BCUT2D eigenvalue weighted by Gasteiger charge is -2.41. The number of methoxy groups -OCH3 is 1. The minimum absolute atomic E-state index is 0.124. The van der Waals surface area contributed by atoms with Gasteiger partial charge in [0.1, 0.15) is 5.75 Å². The predicted octanol–water partition coefficient (Wildman–Crippen LogP) is 5.10. The zero-order valence-electron chi connectivity index (χ0n) is 17.1. The van der Waals surface area contributed by atoms with E-state index in [0.29, 0.717) is 17.7 Å². The average molecular weight is 378 g/mol. The molecule has 1 heterocycles. The van der Waals surface area contributed by atoms with Crippen LogP contribution in [0.1, 0.15) is 60.0 Å². The van der Waals surface area contributed by atoms with E-state index in [-0.39, 0.29) is 5.92 Å². The highest BCUT2D eigenvalue weighted by Crippen LogP contribution is 2.35. The maximum Gasteiger partial charge on any atom is 0.167 e. The number of Topliss-reactive ketones (excluding diaryl/α,β-unsaturated/α-hetero) is 1. The quantitative estimate of drug-likeness (QED) is 0.726. The summed E-state index contributed by atoms with van der Waals surface area (Å²) in [6, 6.07) is 17.2. The lowest BCUT2D eigenvalue weighted by atomic mass is 9.77. The molecule has 3 heteroatoms. The Morgan fingerprint density at radius 1 is 1.07 bits per heavy atom. The summed E-state index contributed by atoms with van der Waals surface area (Å²) in [7, 11) is 1.68. The molecule has 1 aliphatic heterocycles. The van der Waals surface area contributed by atoms with Crippen LogP contribution < -0.4 is 4.74 Å². The Kier molecular flexibility index (Phi) is 5.82. The van der Waals surface area contributed by atoms with E-state index in [0.717, 1.165) is 49.2 Å². The Labute approximate surface area is 168 Å². The number of hydrogen-bond donors (Lipinski definition) is 0. The highest BCUT2D eigenvalue weighted by Gasteiger charge is 2.37. The Balaban J connectivity index is 1.45. The third kappa shape index (κ3) is 3.73. The minimum Gasteiger partial charge on any atom is -0.497 e. The van der Waals surface area contributed by atoms with Gasteiger partial charge in [-0.05, 0) is 80.4 Å². The molecular weight excluding hydrogens is 346 g/mol. The van der Waals surface area contributed by atoms with Crippen molar-refractivity contribution in [2.45, 2.75) is 51.0 Å². The summed E-state index contributed by atoms with van der Waals surface area (Å²) in [5.74, 6) is 1.96. The van der Waals surface area contributed by atoms with E-state index in [4.69, 9.17) is 4.74 Å². The molecule has 0 amide bonds. The zero-order chi connectivity index (χ0) is 19.5. The molecule has 2 aromatic rings. The van der Waals surface area contributed by atoms with Crippen LogP contribution in [0, 0.1) is 5.92 Å². The van der Waals surface area contributed by atoms with Gasteiger partial charge >= 0.3 is 0 Å². The monoisotopic (exact) mass is 377 g/mol. The summed E-state index contributed by atoms with van der Waals surface area (Å²) in [4.78, 5) is 15.9. The van der Waals surface area contributed by atoms with Crippen molar-refractivity contribution in [2.75, 3.05) is 20.2 Å². The lowest BCUT2D eigenvalue weighted by Crippen LogP contribution is -2.47. The number of ether oxygens (including phenoxy) is 1. The van der Waals surface area contributed by atoms with Crippen LogP contribution in [0.15, 0.2) is 48.5 Å². The van der Waals surface area contributed by atoms with Crippen LogP contribution >= 0.6 is 0 Å². The second-order valence-electron chi connectivity index (χ2n) is 8.23. The van der Waals surface area contributed by atoms with Gasteiger partial charge in [-0.2, -0.15) is 0 Å². The van der Waals surface area contributed by atoms with Crippen LogP contribution in [0.25, 0.3) is 0 Å². The predicted molar refractivity (Wildman–Crippen MR) is 113 cm³/mol. The van der Waals surface area contributed by atoms with Gasteiger partial charge in [0.05, 0.1) is 7.11 Å². The van der Waals surface area contributed by atoms with Gasteiger partial charge in [-0.3, -0.25) is 9.69 Å². The first-order valence-electron chi connectivity index (χ1n) is 10.7. The number of nitrogens with zero attached hydrogens (tertiary/aromatic N) is 1. The van der Waals surface area contributed by atoms with Crippen LogP contribution in [-0.2, 0) is 6.42 Å². The number of fused-ring (bicyclic) bond motifs is 1. The fourth-order valence-corrected chi connectivity index (χ4v) is 5.24. The van der Waals surface area contributed by atoms with Crippen molar-refractivity contribution in [1.82, 2.24) is 4.90 Å². The third-order valence-corrected chi connectivity index (χ3v) is 6.79. The molecule has 4 rings (SSSR count). The van der Waals surface area contributed by atoms with E-state index in [1.54, 1.807) is 7.11 Å². The molecular formula is C25H31NO2. The summed E-state index contributed by atoms with van der Waals surface area (Å²) in [5, 5.41) is 0. The number of carbonyl (C=O) groups is 1. The molecule has 1 saturated heterocycles. The van der Waals surface area contributed by atoms with Crippen molar-refractivity contribution < 1.29 is 9.53 Å². The normalized spacial score (nSPS) is 21.9. The fourth-order valence-electron chi connectivity index (χ4n) is 5.24. The van der Waals surface area contributed by atoms with Gasteiger partial charge in [0, 0.05) is 17.5 Å². The van der Waals surface area contributed by atoms with E-state index in [2.05, 4.69) is 42.2 Å². The number of likely N-dealkylation sites (tertiary alicyclic amines) is 1. The summed E-state index contributed by atoms with van der Waals surface area (Å²) in [5.41, 5.74) is 3.53. The number of rotatable bonds is 5. The fraction of sp³-hybridized carbons (Fsp3) is 0.480. The largest absolute Gasteiger partial charge is 0.497 e. The van der Waals surface area contributed by atoms with Crippen molar-refractivity contribution in [3.63, 3.8) is 0 Å². The molecule has 0 saturated carbocycles. The molecule has 3 nitrogen and oxygen atoms in total. The second kappa shape index (κ2) is 8.48. The summed E-state index contributed by atoms with van der Waals surface area (Å²) in [6.07, 6.45) is 5.35. The molecule has 28 heavy (non-hydrogen) atoms. The van der Waals surface area contributed by atoms with Crippen LogP contribution in [0.4, 0.5) is 0 Å². The van der Waals surface area contributed by atoms with Crippen LogP contribution in [0.5, 0.6) is 5.75 Å². The molecule has 0 radical (unpaired) electrons. The topological polar surface area (TPSA) is 29.5 Å². The number of aryl methyl sites for hydroxylation is 1. The van der Waals surface area contributed by atoms with Gasteiger partial charge in [0.15, 0.2) is 5.78 Å². The number of hydrogen-bond acceptors (Lipinski definition) is 3. The van der Waals surface area contributed by atoms with Crippen LogP contribution in [0.2, 0.25) is 0 Å². The first-order valence-corrected chi connectivity index (χ1v) is 10.7. The van der Waals surface area contributed by atoms with Gasteiger partial charge in [0.2, 0.25) is 0 Å². The van der Waals surface area contributed by atoms with Gasteiger partial charge in [-0.15, -0.1) is 0 Å². The number of benzene rings is 2. The molecule has 2 unspecified atom stereocenters. The van der Waals surface area contributed by atoms with Crippen molar-refractivity contribution in [1.29, 1.82) is 0 Å². The highest BCUT2D eigenvalue weighted by atomic mass is 16.5. The van der Waals surface area contributed by atoms with Crippen molar-refractivity contribution >= 4 is 5.78 Å². The summed E-state index contributed by atoms with van der Waals surface area (Å²) >= 11 is 0. The molecule has 0 spiro atoms. The zero-order valence-corrected chi connectivity index (χ0v) is 17.1. The Morgan fingerprint density at radius 3 is 2.50 bits per heavy atom. The number of piperidine rings is 1. The van der Waals surface area contributed by atoms with Crippen molar-refractivity contribution in [3.8, 4) is 5.75 Å².